The van der Waals surface area contributed by atoms with Gasteiger partial charge in [-0.3, -0.25) is 0 Å². The quantitative estimate of drug-likeness (QED) is 0.780. The van der Waals surface area contributed by atoms with E-state index < -0.39 is 20.7 Å². The summed E-state index contributed by atoms with van der Waals surface area (Å²) in [5, 5.41) is 0. The SMILES string of the molecule is CN1CC(C)(c2ccc(S(=O)(=O)Cl)cc2)OC1=O. The molecule has 18 heavy (non-hydrogen) atoms. The Kier molecular flexibility index (Phi) is 3.03. The molecule has 0 aliphatic carbocycles. The number of ether oxygens (including phenoxy) is 1. The van der Waals surface area contributed by atoms with Crippen molar-refractivity contribution in [3.8, 4) is 0 Å². The largest absolute Gasteiger partial charge is 0.436 e. The monoisotopic (exact) mass is 289 g/mol. The lowest BCUT2D eigenvalue weighted by Gasteiger charge is -2.21. The van der Waals surface area contributed by atoms with Crippen LogP contribution in [0.3, 0.4) is 0 Å². The summed E-state index contributed by atoms with van der Waals surface area (Å²) in [6.07, 6.45) is -0.397. The molecule has 0 radical (unpaired) electrons. The van der Waals surface area contributed by atoms with Crippen molar-refractivity contribution in [1.82, 2.24) is 4.90 Å². The van der Waals surface area contributed by atoms with Gasteiger partial charge in [-0.2, -0.15) is 0 Å². The van der Waals surface area contributed by atoms with Gasteiger partial charge in [-0.05, 0) is 24.6 Å². The molecule has 1 aromatic carbocycles. The average molecular weight is 290 g/mol. The molecular formula is C11H12ClNO4S. The highest BCUT2D eigenvalue weighted by atomic mass is 35.7. The fourth-order valence-corrected chi connectivity index (χ4v) is 2.71. The molecule has 98 valence electrons. The van der Waals surface area contributed by atoms with E-state index in [4.69, 9.17) is 15.4 Å². The Balaban J connectivity index is 2.34. The number of nitrogens with zero attached hydrogens (tertiary/aromatic N) is 1. The molecule has 0 saturated carbocycles. The molecule has 0 N–H and O–H groups in total. The molecule has 1 aliphatic rings. The highest BCUT2D eigenvalue weighted by Crippen LogP contribution is 2.32. The molecule has 5 nitrogen and oxygen atoms in total. The van der Waals surface area contributed by atoms with E-state index >= 15 is 0 Å². The summed E-state index contributed by atoms with van der Waals surface area (Å²) < 4.78 is 27.5. The topological polar surface area (TPSA) is 63.7 Å². The number of likely N-dealkylation sites (N-methyl/N-ethyl adjacent to an activating group) is 1. The van der Waals surface area contributed by atoms with E-state index in [2.05, 4.69) is 0 Å². The third-order valence-electron chi connectivity index (χ3n) is 2.91. The van der Waals surface area contributed by atoms with Crippen LogP contribution in [0.1, 0.15) is 12.5 Å². The highest BCUT2D eigenvalue weighted by molar-refractivity contribution is 8.13. The van der Waals surface area contributed by atoms with E-state index in [0.717, 1.165) is 5.56 Å². The number of benzene rings is 1. The van der Waals surface area contributed by atoms with Gasteiger partial charge in [0.1, 0.15) is 0 Å². The maximum Gasteiger partial charge on any atom is 0.410 e. The lowest BCUT2D eigenvalue weighted by atomic mass is 9.96. The zero-order valence-electron chi connectivity index (χ0n) is 9.88. The minimum Gasteiger partial charge on any atom is -0.436 e. The van der Waals surface area contributed by atoms with Gasteiger partial charge in [-0.1, -0.05) is 12.1 Å². The molecule has 1 heterocycles. The van der Waals surface area contributed by atoms with Crippen molar-refractivity contribution in [3.63, 3.8) is 0 Å². The predicted molar refractivity (Wildman–Crippen MR) is 65.9 cm³/mol. The van der Waals surface area contributed by atoms with Gasteiger partial charge in [0, 0.05) is 17.7 Å². The predicted octanol–water partition coefficient (Wildman–Crippen LogP) is 1.91. The number of amides is 1. The van der Waals surface area contributed by atoms with Crippen LogP contribution in [0.2, 0.25) is 0 Å². The summed E-state index contributed by atoms with van der Waals surface area (Å²) in [5.74, 6) is 0. The lowest BCUT2D eigenvalue weighted by molar-refractivity contribution is 0.0701. The van der Waals surface area contributed by atoms with Crippen LogP contribution in [0.25, 0.3) is 0 Å². The Morgan fingerprint density at radius 3 is 2.28 bits per heavy atom. The van der Waals surface area contributed by atoms with Crippen molar-refractivity contribution < 1.29 is 17.9 Å². The second kappa shape index (κ2) is 4.13. The van der Waals surface area contributed by atoms with E-state index in [1.807, 2.05) is 0 Å². The molecule has 0 bridgehead atoms. The van der Waals surface area contributed by atoms with Crippen molar-refractivity contribution in [2.45, 2.75) is 17.4 Å². The van der Waals surface area contributed by atoms with Gasteiger partial charge < -0.3 is 9.64 Å². The van der Waals surface area contributed by atoms with Crippen LogP contribution in [0.15, 0.2) is 29.2 Å². The molecule has 0 spiro atoms. The number of hydrogen-bond donors (Lipinski definition) is 0. The van der Waals surface area contributed by atoms with Crippen molar-refractivity contribution in [3.05, 3.63) is 29.8 Å². The van der Waals surface area contributed by atoms with Crippen LogP contribution < -0.4 is 0 Å². The average Bonchev–Trinajstić information content (AvgIpc) is 2.53. The number of carbonyl (C=O) groups excluding carboxylic acids is 1. The summed E-state index contributed by atoms with van der Waals surface area (Å²) in [4.78, 5) is 12.9. The van der Waals surface area contributed by atoms with Gasteiger partial charge in [-0.25, -0.2) is 13.2 Å². The standard InChI is InChI=1S/C11H12ClNO4S/c1-11(7-13(2)10(14)17-11)8-3-5-9(6-4-8)18(12,15)16/h3-6H,7H2,1-2H3. The van der Waals surface area contributed by atoms with Crippen LogP contribution >= 0.6 is 10.7 Å². The molecule has 7 heteroatoms. The summed E-state index contributed by atoms with van der Waals surface area (Å²) in [6.45, 7) is 2.19. The first kappa shape index (κ1) is 13.2. The van der Waals surface area contributed by atoms with Crippen LogP contribution in [0.5, 0.6) is 0 Å². The minimum absolute atomic E-state index is 0.0224. The second-order valence-corrected chi connectivity index (χ2v) is 6.98. The zero-order chi connectivity index (χ0) is 13.6. The molecule has 2 rings (SSSR count). The first-order chi connectivity index (χ1) is 8.22. The molecule has 0 aromatic heterocycles. The van der Waals surface area contributed by atoms with Crippen LogP contribution in [0.4, 0.5) is 4.79 Å². The molecular weight excluding hydrogens is 278 g/mol. The number of halogens is 1. The maximum atomic E-state index is 11.4. The molecule has 1 aromatic rings. The van der Waals surface area contributed by atoms with Gasteiger partial charge in [-0.15, -0.1) is 0 Å². The lowest BCUT2D eigenvalue weighted by Crippen LogP contribution is -2.27. The molecule has 1 saturated heterocycles. The first-order valence-electron chi connectivity index (χ1n) is 5.22. The van der Waals surface area contributed by atoms with E-state index in [9.17, 15) is 13.2 Å². The van der Waals surface area contributed by atoms with Crippen molar-refractivity contribution in [1.29, 1.82) is 0 Å². The molecule has 1 fully saturated rings. The maximum absolute atomic E-state index is 11.4. The van der Waals surface area contributed by atoms with Crippen molar-refractivity contribution >= 4 is 25.8 Å². The van der Waals surface area contributed by atoms with E-state index in [-0.39, 0.29) is 4.90 Å². The van der Waals surface area contributed by atoms with Gasteiger partial charge >= 0.3 is 6.09 Å². The second-order valence-electron chi connectivity index (χ2n) is 4.42. The number of cyclic esters (lactones) is 1. The van der Waals surface area contributed by atoms with Gasteiger partial charge in [0.2, 0.25) is 0 Å². The number of rotatable bonds is 2. The third-order valence-corrected chi connectivity index (χ3v) is 4.28. The first-order valence-corrected chi connectivity index (χ1v) is 7.53. The highest BCUT2D eigenvalue weighted by Gasteiger charge is 2.41. The van der Waals surface area contributed by atoms with Gasteiger partial charge in [0.15, 0.2) is 5.60 Å². The molecule has 1 unspecified atom stereocenters. The van der Waals surface area contributed by atoms with E-state index in [1.165, 1.54) is 17.0 Å². The summed E-state index contributed by atoms with van der Waals surface area (Å²) in [6, 6.07) is 5.99. The van der Waals surface area contributed by atoms with Crippen LogP contribution in [-0.2, 0) is 19.4 Å². The Morgan fingerprint density at radius 1 is 1.33 bits per heavy atom. The molecule has 1 aliphatic heterocycles. The Labute approximate surface area is 110 Å². The Hall–Kier alpha value is -1.27. The van der Waals surface area contributed by atoms with Gasteiger partial charge in [0.25, 0.3) is 9.05 Å². The molecule has 1 atom stereocenters. The van der Waals surface area contributed by atoms with Crippen LogP contribution in [0, 0.1) is 0 Å². The van der Waals surface area contributed by atoms with Crippen LogP contribution in [-0.4, -0.2) is 33.0 Å². The summed E-state index contributed by atoms with van der Waals surface area (Å²) in [7, 11) is 3.14. The summed E-state index contributed by atoms with van der Waals surface area (Å²) >= 11 is 0. The fourth-order valence-electron chi connectivity index (χ4n) is 1.94. The third kappa shape index (κ3) is 2.30. The van der Waals surface area contributed by atoms with Crippen molar-refractivity contribution in [2.24, 2.45) is 0 Å². The van der Waals surface area contributed by atoms with Crippen molar-refractivity contribution in [2.75, 3.05) is 13.6 Å². The Bertz CT molecular complexity index is 584. The zero-order valence-corrected chi connectivity index (χ0v) is 11.5. The number of hydrogen-bond acceptors (Lipinski definition) is 4. The van der Waals surface area contributed by atoms with E-state index in [0.29, 0.717) is 6.54 Å². The number of carbonyl (C=O) groups is 1. The van der Waals surface area contributed by atoms with E-state index in [1.54, 1.807) is 26.1 Å². The minimum atomic E-state index is -3.73. The normalized spacial score (nSPS) is 24.2. The van der Waals surface area contributed by atoms with Gasteiger partial charge in [0.05, 0.1) is 11.4 Å². The smallest absolute Gasteiger partial charge is 0.410 e. The summed E-state index contributed by atoms with van der Waals surface area (Å²) in [5.41, 5.74) is -0.0373. The Morgan fingerprint density at radius 2 is 1.89 bits per heavy atom. The molecule has 1 amide bonds. The fraction of sp³-hybridized carbons (Fsp3) is 0.364.